The van der Waals surface area contributed by atoms with Crippen LogP contribution in [0.15, 0.2) is 53.5 Å². The van der Waals surface area contributed by atoms with Gasteiger partial charge < -0.3 is 4.74 Å². The molecule has 2 aromatic rings. The molecule has 0 spiro atoms. The minimum absolute atomic E-state index is 0.630. The molecule has 0 bridgehead atoms. The first-order chi connectivity index (χ1) is 8.81. The SMILES string of the molecule is Cc1ccccc1Oc1ccccc1N=CC=O. The summed E-state index contributed by atoms with van der Waals surface area (Å²) in [6.45, 7) is 1.98. The molecule has 0 N–H and O–H groups in total. The third-order valence-corrected chi connectivity index (χ3v) is 2.45. The van der Waals surface area contributed by atoms with E-state index in [0.717, 1.165) is 11.3 Å². The molecule has 0 radical (unpaired) electrons. The molecule has 2 rings (SSSR count). The average molecular weight is 239 g/mol. The molecule has 2 aromatic carbocycles. The molecule has 3 nitrogen and oxygen atoms in total. The molecule has 0 amide bonds. The van der Waals surface area contributed by atoms with Crippen molar-refractivity contribution in [3.63, 3.8) is 0 Å². The second-order valence-electron chi connectivity index (χ2n) is 3.75. The predicted molar refractivity (Wildman–Crippen MR) is 71.9 cm³/mol. The molecule has 0 aliphatic carbocycles. The van der Waals surface area contributed by atoms with Gasteiger partial charge in [-0.2, -0.15) is 0 Å². The third kappa shape index (κ3) is 2.83. The van der Waals surface area contributed by atoms with Crippen LogP contribution >= 0.6 is 0 Å². The first kappa shape index (κ1) is 12.0. The number of nitrogens with zero attached hydrogens (tertiary/aromatic N) is 1. The van der Waals surface area contributed by atoms with Crippen molar-refractivity contribution in [3.8, 4) is 11.5 Å². The zero-order chi connectivity index (χ0) is 12.8. The quantitative estimate of drug-likeness (QED) is 0.603. The molecule has 0 unspecified atom stereocenters. The van der Waals surface area contributed by atoms with Crippen LogP contribution < -0.4 is 4.74 Å². The van der Waals surface area contributed by atoms with E-state index in [0.29, 0.717) is 17.7 Å². The number of aldehydes is 1. The third-order valence-electron chi connectivity index (χ3n) is 2.45. The predicted octanol–water partition coefficient (Wildman–Crippen LogP) is 3.69. The smallest absolute Gasteiger partial charge is 0.161 e. The highest BCUT2D eigenvalue weighted by molar-refractivity contribution is 6.13. The van der Waals surface area contributed by atoms with Crippen LogP contribution in [0.1, 0.15) is 5.56 Å². The van der Waals surface area contributed by atoms with Crippen LogP contribution in [0.2, 0.25) is 0 Å². The van der Waals surface area contributed by atoms with E-state index >= 15 is 0 Å². The monoisotopic (exact) mass is 239 g/mol. The van der Waals surface area contributed by atoms with Crippen molar-refractivity contribution in [2.45, 2.75) is 6.92 Å². The number of aryl methyl sites for hydroxylation is 1. The van der Waals surface area contributed by atoms with Crippen LogP contribution in [0.5, 0.6) is 11.5 Å². The van der Waals surface area contributed by atoms with E-state index in [1.165, 1.54) is 6.21 Å². The van der Waals surface area contributed by atoms with Gasteiger partial charge in [-0.05, 0) is 30.7 Å². The second-order valence-corrected chi connectivity index (χ2v) is 3.75. The summed E-state index contributed by atoms with van der Waals surface area (Å²) in [4.78, 5) is 14.3. The topological polar surface area (TPSA) is 38.7 Å². The van der Waals surface area contributed by atoms with Crippen molar-refractivity contribution in [3.05, 3.63) is 54.1 Å². The van der Waals surface area contributed by atoms with Crippen molar-refractivity contribution >= 4 is 18.2 Å². The number of benzene rings is 2. The number of rotatable bonds is 4. The van der Waals surface area contributed by atoms with Crippen LogP contribution in [-0.4, -0.2) is 12.5 Å². The minimum atomic E-state index is 0.630. The summed E-state index contributed by atoms with van der Waals surface area (Å²) in [5, 5.41) is 0. The van der Waals surface area contributed by atoms with Crippen LogP contribution in [-0.2, 0) is 4.79 Å². The molecule has 18 heavy (non-hydrogen) atoms. The van der Waals surface area contributed by atoms with Crippen molar-refractivity contribution in [1.29, 1.82) is 0 Å². The molecule has 0 aliphatic heterocycles. The lowest BCUT2D eigenvalue weighted by Crippen LogP contribution is -1.87. The number of aliphatic imine (C=N–C) groups is 1. The molecule has 0 saturated heterocycles. The summed E-state index contributed by atoms with van der Waals surface area (Å²) < 4.78 is 5.81. The Labute approximate surface area is 106 Å². The molecule has 3 heteroatoms. The van der Waals surface area contributed by atoms with Gasteiger partial charge in [0.25, 0.3) is 0 Å². The Morgan fingerprint density at radius 2 is 1.67 bits per heavy atom. The molecular formula is C15H13NO2. The first-order valence-corrected chi connectivity index (χ1v) is 5.61. The Kier molecular flexibility index (Phi) is 3.86. The Morgan fingerprint density at radius 3 is 2.39 bits per heavy atom. The van der Waals surface area contributed by atoms with Crippen LogP contribution in [0.25, 0.3) is 0 Å². The molecule has 0 fully saturated rings. The van der Waals surface area contributed by atoms with E-state index in [1.54, 1.807) is 6.07 Å². The summed E-state index contributed by atoms with van der Waals surface area (Å²) in [5.41, 5.74) is 1.68. The van der Waals surface area contributed by atoms with E-state index in [-0.39, 0.29) is 0 Å². The fraction of sp³-hybridized carbons (Fsp3) is 0.0667. The standard InChI is InChI=1S/C15H13NO2/c1-12-6-2-4-8-14(12)18-15-9-5-3-7-13(15)16-10-11-17/h2-11H,1H3. The zero-order valence-electron chi connectivity index (χ0n) is 10.0. The average Bonchev–Trinajstić information content (AvgIpc) is 2.40. The number of carbonyl (C=O) groups excluding carboxylic acids is 1. The van der Waals surface area contributed by atoms with Gasteiger partial charge in [0.05, 0.1) is 6.21 Å². The fourth-order valence-corrected chi connectivity index (χ4v) is 1.55. The van der Waals surface area contributed by atoms with Crippen molar-refractivity contribution < 1.29 is 9.53 Å². The summed E-state index contributed by atoms with van der Waals surface area (Å²) >= 11 is 0. The first-order valence-electron chi connectivity index (χ1n) is 5.61. The Bertz CT molecular complexity index is 576. The lowest BCUT2D eigenvalue weighted by molar-refractivity contribution is -0.102. The Balaban J connectivity index is 2.32. The zero-order valence-corrected chi connectivity index (χ0v) is 10.0. The van der Waals surface area contributed by atoms with E-state index in [2.05, 4.69) is 4.99 Å². The molecule has 0 aromatic heterocycles. The maximum Gasteiger partial charge on any atom is 0.161 e. The summed E-state index contributed by atoms with van der Waals surface area (Å²) in [5.74, 6) is 1.41. The van der Waals surface area contributed by atoms with Gasteiger partial charge in [-0.15, -0.1) is 0 Å². The largest absolute Gasteiger partial charge is 0.455 e. The van der Waals surface area contributed by atoms with Crippen LogP contribution in [0.3, 0.4) is 0 Å². The molecule has 0 heterocycles. The lowest BCUT2D eigenvalue weighted by atomic mass is 10.2. The highest BCUT2D eigenvalue weighted by Crippen LogP contribution is 2.32. The van der Waals surface area contributed by atoms with Crippen molar-refractivity contribution in [2.75, 3.05) is 0 Å². The molecule has 0 aliphatic rings. The fourth-order valence-electron chi connectivity index (χ4n) is 1.55. The van der Waals surface area contributed by atoms with E-state index in [9.17, 15) is 4.79 Å². The van der Waals surface area contributed by atoms with Gasteiger partial charge in [0.15, 0.2) is 12.0 Å². The molecule has 0 atom stereocenters. The van der Waals surface area contributed by atoms with Crippen LogP contribution in [0, 0.1) is 6.92 Å². The van der Waals surface area contributed by atoms with Gasteiger partial charge in [-0.3, -0.25) is 4.79 Å². The number of hydrogen-bond donors (Lipinski definition) is 0. The highest BCUT2D eigenvalue weighted by atomic mass is 16.5. The minimum Gasteiger partial charge on any atom is -0.455 e. The lowest BCUT2D eigenvalue weighted by Gasteiger charge is -2.10. The van der Waals surface area contributed by atoms with E-state index in [4.69, 9.17) is 4.74 Å². The summed E-state index contributed by atoms with van der Waals surface area (Å²) in [7, 11) is 0. The molecule has 90 valence electrons. The molecule has 0 saturated carbocycles. The van der Waals surface area contributed by atoms with E-state index in [1.807, 2.05) is 49.4 Å². The number of hydrogen-bond acceptors (Lipinski definition) is 3. The molecular weight excluding hydrogens is 226 g/mol. The van der Waals surface area contributed by atoms with Gasteiger partial charge in [-0.1, -0.05) is 30.3 Å². The van der Waals surface area contributed by atoms with Gasteiger partial charge in [0.2, 0.25) is 0 Å². The van der Waals surface area contributed by atoms with Gasteiger partial charge in [0, 0.05) is 0 Å². The number of para-hydroxylation sites is 3. The van der Waals surface area contributed by atoms with Gasteiger partial charge >= 0.3 is 0 Å². The van der Waals surface area contributed by atoms with Gasteiger partial charge in [0.1, 0.15) is 11.4 Å². The highest BCUT2D eigenvalue weighted by Gasteiger charge is 2.04. The van der Waals surface area contributed by atoms with Crippen molar-refractivity contribution in [2.24, 2.45) is 4.99 Å². The Morgan fingerprint density at radius 1 is 1.00 bits per heavy atom. The summed E-state index contributed by atoms with van der Waals surface area (Å²) in [6.07, 6.45) is 1.85. The van der Waals surface area contributed by atoms with Crippen molar-refractivity contribution in [1.82, 2.24) is 0 Å². The summed E-state index contributed by atoms with van der Waals surface area (Å²) in [6, 6.07) is 15.1. The second kappa shape index (κ2) is 5.77. The number of carbonyl (C=O) groups is 1. The Hall–Kier alpha value is -2.42. The maximum absolute atomic E-state index is 10.3. The van der Waals surface area contributed by atoms with E-state index < -0.39 is 0 Å². The number of ether oxygens (including phenoxy) is 1. The van der Waals surface area contributed by atoms with Crippen LogP contribution in [0.4, 0.5) is 5.69 Å². The van der Waals surface area contributed by atoms with Gasteiger partial charge in [-0.25, -0.2) is 4.99 Å². The maximum atomic E-state index is 10.3. The normalized spacial score (nSPS) is 10.5.